The second-order valence-corrected chi connectivity index (χ2v) is 16.0. The lowest BCUT2D eigenvalue weighted by Crippen LogP contribution is -2.34. The van der Waals surface area contributed by atoms with Crippen LogP contribution in [0.15, 0.2) is 152 Å². The van der Waals surface area contributed by atoms with Gasteiger partial charge < -0.3 is 21.3 Å². The maximum absolute atomic E-state index is 14.7. The topological polar surface area (TPSA) is 121 Å². The molecule has 5 aromatic carbocycles. The highest BCUT2D eigenvalue weighted by Gasteiger charge is 2.59. The molecule has 0 aliphatic carbocycles. The van der Waals surface area contributed by atoms with Gasteiger partial charge in [-0.2, -0.15) is 22.0 Å². The fourth-order valence-electron chi connectivity index (χ4n) is 6.83. The van der Waals surface area contributed by atoms with Gasteiger partial charge in [0.15, 0.2) is 0 Å². The number of aromatic nitrogens is 3. The molecule has 0 aliphatic heterocycles. The Hall–Kier alpha value is -7.81. The van der Waals surface area contributed by atoms with Crippen molar-refractivity contribution in [3.05, 3.63) is 186 Å². The zero-order chi connectivity index (χ0) is 46.5. The number of alkyl halides is 5. The van der Waals surface area contributed by atoms with Crippen molar-refractivity contribution in [2.45, 2.75) is 45.2 Å². The predicted molar refractivity (Wildman–Crippen MR) is 243 cm³/mol. The van der Waals surface area contributed by atoms with Crippen LogP contribution in [0.2, 0.25) is 0 Å². The lowest BCUT2D eigenvalue weighted by atomic mass is 9.87. The van der Waals surface area contributed by atoms with E-state index in [0.717, 1.165) is 40.6 Å². The van der Waals surface area contributed by atoms with Crippen LogP contribution < -0.4 is 21.3 Å². The summed E-state index contributed by atoms with van der Waals surface area (Å²) in [4.78, 5) is 38.2. The van der Waals surface area contributed by atoms with Crippen LogP contribution in [-0.4, -0.2) is 32.9 Å². The van der Waals surface area contributed by atoms with Gasteiger partial charge in [-0.15, -0.1) is 0 Å². The first-order valence-corrected chi connectivity index (χ1v) is 20.1. The van der Waals surface area contributed by atoms with Crippen molar-refractivity contribution in [3.8, 4) is 0 Å². The third kappa shape index (κ3) is 10.5. The summed E-state index contributed by atoms with van der Waals surface area (Å²) in [5.74, 6) is -6.27. The third-order valence-electron chi connectivity index (χ3n) is 10.3. The minimum atomic E-state index is -5.72. The number of carbonyl (C=O) groups is 2. The molecule has 3 heterocycles. The zero-order valence-corrected chi connectivity index (χ0v) is 35.4. The summed E-state index contributed by atoms with van der Waals surface area (Å²) in [7, 11) is 0. The number of para-hydroxylation sites is 1. The zero-order valence-electron chi connectivity index (χ0n) is 35.4. The Morgan fingerprint density at radius 1 is 0.554 bits per heavy atom. The van der Waals surface area contributed by atoms with Crippen molar-refractivity contribution < 1.29 is 35.9 Å². The molecule has 15 heteroatoms. The molecule has 0 atom stereocenters. The molecule has 0 bridgehead atoms. The van der Waals surface area contributed by atoms with Crippen LogP contribution >= 0.6 is 0 Å². The second kappa shape index (κ2) is 18.5. The maximum atomic E-state index is 14.7. The van der Waals surface area contributed by atoms with Crippen LogP contribution in [0.4, 0.5) is 60.6 Å². The lowest BCUT2D eigenvalue weighted by molar-refractivity contribution is -0.289. The molecule has 8 rings (SSSR count). The van der Waals surface area contributed by atoms with Gasteiger partial charge in [0, 0.05) is 70.1 Å². The molecule has 65 heavy (non-hydrogen) atoms. The minimum absolute atomic E-state index is 0.0254. The molecule has 2 amide bonds. The molecular formula is C50H41F6N7O2. The van der Waals surface area contributed by atoms with E-state index in [1.165, 1.54) is 30.0 Å². The van der Waals surface area contributed by atoms with Crippen molar-refractivity contribution in [1.82, 2.24) is 15.0 Å². The first kappa shape index (κ1) is 45.2. The fourth-order valence-corrected chi connectivity index (χ4v) is 6.83. The number of amides is 2. The van der Waals surface area contributed by atoms with E-state index in [2.05, 4.69) is 57.0 Å². The standard InChI is InChI=1S/C26H24FN3O.C24H17F5N4O/c1-26(2,3)19-8-11-20(12-9-19)30-25(31)22-5-4-6-23(27)24(22)29-21-10-7-17-13-14-28-16-18(17)15-21;1-14-11-17(6-7-20(14)23(25,26)24(27,28)29)33-22(34)19-3-2-9-31-21(19)32-18-5-4-15-8-10-30-13-16(15)12-18/h4-16,29H,1-3H3,(H,30,31);2-13H,1H3,(H,31,32)(H,33,34). The largest absolute Gasteiger partial charge is 0.458 e. The molecule has 0 fully saturated rings. The Labute approximate surface area is 370 Å². The molecule has 0 spiro atoms. The van der Waals surface area contributed by atoms with Gasteiger partial charge in [-0.05, 0) is 119 Å². The number of benzene rings is 5. The van der Waals surface area contributed by atoms with Crippen LogP contribution in [0.25, 0.3) is 21.5 Å². The number of hydrogen-bond donors (Lipinski definition) is 4. The highest BCUT2D eigenvalue weighted by Crippen LogP contribution is 2.45. The normalized spacial score (nSPS) is 11.7. The Morgan fingerprint density at radius 2 is 1.11 bits per heavy atom. The molecule has 0 saturated heterocycles. The molecular weight excluding hydrogens is 845 g/mol. The van der Waals surface area contributed by atoms with E-state index in [-0.39, 0.29) is 45.2 Å². The molecule has 330 valence electrons. The quantitative estimate of drug-likeness (QED) is 0.107. The van der Waals surface area contributed by atoms with Crippen molar-refractivity contribution in [2.75, 3.05) is 21.3 Å². The predicted octanol–water partition coefficient (Wildman–Crippen LogP) is 13.3. The van der Waals surface area contributed by atoms with Gasteiger partial charge in [-0.25, -0.2) is 9.37 Å². The lowest BCUT2D eigenvalue weighted by Gasteiger charge is -2.22. The van der Waals surface area contributed by atoms with Gasteiger partial charge in [0.1, 0.15) is 11.6 Å². The minimum Gasteiger partial charge on any atom is -0.352 e. The van der Waals surface area contributed by atoms with E-state index in [9.17, 15) is 35.9 Å². The Morgan fingerprint density at radius 3 is 1.71 bits per heavy atom. The van der Waals surface area contributed by atoms with E-state index in [1.807, 2.05) is 72.8 Å². The van der Waals surface area contributed by atoms with E-state index in [1.54, 1.807) is 36.9 Å². The van der Waals surface area contributed by atoms with Crippen LogP contribution in [-0.2, 0) is 11.3 Å². The van der Waals surface area contributed by atoms with Gasteiger partial charge in [0.2, 0.25) is 0 Å². The van der Waals surface area contributed by atoms with Gasteiger partial charge in [0.05, 0.1) is 16.8 Å². The second-order valence-electron chi connectivity index (χ2n) is 16.0. The highest BCUT2D eigenvalue weighted by atomic mass is 19.4. The molecule has 3 aromatic heterocycles. The smallest absolute Gasteiger partial charge is 0.352 e. The number of anilines is 6. The summed E-state index contributed by atoms with van der Waals surface area (Å²) in [6.45, 7) is 7.52. The fraction of sp³-hybridized carbons (Fsp3) is 0.140. The summed E-state index contributed by atoms with van der Waals surface area (Å²) in [6, 6.07) is 32.9. The summed E-state index contributed by atoms with van der Waals surface area (Å²) >= 11 is 0. The van der Waals surface area contributed by atoms with Crippen molar-refractivity contribution in [3.63, 3.8) is 0 Å². The summed E-state index contributed by atoms with van der Waals surface area (Å²) < 4.78 is 80.2. The van der Waals surface area contributed by atoms with Crippen LogP contribution in [0.1, 0.15) is 58.2 Å². The molecule has 0 radical (unpaired) electrons. The Balaban J connectivity index is 0.000000195. The molecule has 0 unspecified atom stereocenters. The summed E-state index contributed by atoms with van der Waals surface area (Å²) in [5, 5.41) is 15.3. The van der Waals surface area contributed by atoms with Gasteiger partial charge in [0.25, 0.3) is 11.8 Å². The van der Waals surface area contributed by atoms with Crippen LogP contribution in [0.5, 0.6) is 0 Å². The number of nitrogens with zero attached hydrogens (tertiary/aromatic N) is 3. The van der Waals surface area contributed by atoms with E-state index in [4.69, 9.17) is 0 Å². The average Bonchev–Trinajstić information content (AvgIpc) is 3.27. The molecule has 4 N–H and O–H groups in total. The molecule has 8 aromatic rings. The first-order chi connectivity index (χ1) is 30.9. The van der Waals surface area contributed by atoms with Crippen LogP contribution in [0, 0.1) is 12.7 Å². The Bertz CT molecular complexity index is 3030. The highest BCUT2D eigenvalue weighted by molar-refractivity contribution is 6.09. The average molecular weight is 886 g/mol. The van der Waals surface area contributed by atoms with Crippen LogP contribution in [0.3, 0.4) is 0 Å². The molecule has 9 nitrogen and oxygen atoms in total. The SMILES string of the molecule is CC(C)(C)c1ccc(NC(=O)c2cccc(F)c2Nc2ccc3ccncc3c2)cc1.Cc1cc(NC(=O)c2cccnc2Nc2ccc3ccncc3c2)ccc1C(F)(F)C(F)(F)F. The number of hydrogen-bond acceptors (Lipinski definition) is 7. The number of fused-ring (bicyclic) bond motifs is 2. The van der Waals surface area contributed by atoms with E-state index < -0.39 is 29.4 Å². The van der Waals surface area contributed by atoms with Crippen molar-refractivity contribution in [1.29, 1.82) is 0 Å². The Kier molecular flexibility index (Phi) is 12.9. The van der Waals surface area contributed by atoms with Crippen molar-refractivity contribution in [2.24, 2.45) is 0 Å². The van der Waals surface area contributed by atoms with Gasteiger partial charge >= 0.3 is 12.1 Å². The van der Waals surface area contributed by atoms with Crippen molar-refractivity contribution >= 4 is 67.6 Å². The summed E-state index contributed by atoms with van der Waals surface area (Å²) in [5.41, 5.74) is 2.28. The monoisotopic (exact) mass is 885 g/mol. The maximum Gasteiger partial charge on any atom is 0.458 e. The van der Waals surface area contributed by atoms with E-state index in [0.29, 0.717) is 23.1 Å². The number of aryl methyl sites for hydroxylation is 1. The van der Waals surface area contributed by atoms with Gasteiger partial charge in [-0.1, -0.05) is 57.2 Å². The number of halogens is 6. The number of carbonyl (C=O) groups excluding carboxylic acids is 2. The van der Waals surface area contributed by atoms with Gasteiger partial charge in [-0.3, -0.25) is 19.6 Å². The first-order valence-electron chi connectivity index (χ1n) is 20.1. The number of nitrogens with one attached hydrogen (secondary N) is 4. The number of rotatable bonds is 9. The summed E-state index contributed by atoms with van der Waals surface area (Å²) in [6.07, 6.45) is 2.60. The van der Waals surface area contributed by atoms with E-state index >= 15 is 0 Å². The number of pyridine rings is 3. The third-order valence-corrected chi connectivity index (χ3v) is 10.3. The molecule has 0 saturated carbocycles. The molecule has 0 aliphatic rings.